The highest BCUT2D eigenvalue weighted by atomic mass is 32.2. The van der Waals surface area contributed by atoms with Crippen LogP contribution >= 0.6 is 0 Å². The summed E-state index contributed by atoms with van der Waals surface area (Å²) < 4.78 is 74.5. The summed E-state index contributed by atoms with van der Waals surface area (Å²) in [6.07, 6.45) is -3.43. The summed E-state index contributed by atoms with van der Waals surface area (Å²) in [5, 5.41) is 3.44. The number of nitrogens with one attached hydrogen (secondary N) is 1. The van der Waals surface area contributed by atoms with Crippen LogP contribution in [-0.2, 0) is 27.1 Å². The molecule has 1 N–H and O–H groups in total. The largest absolute Gasteiger partial charge is 0.489 e. The second-order valence-electron chi connectivity index (χ2n) is 10.2. The molecule has 0 fully saturated rings. The van der Waals surface area contributed by atoms with Gasteiger partial charge in [-0.15, -0.1) is 0 Å². The molecule has 0 saturated heterocycles. The Balaban J connectivity index is 1.42. The Morgan fingerprint density at radius 2 is 1.38 bits per heavy atom. The first-order chi connectivity index (χ1) is 20.0. The zero-order chi connectivity index (χ0) is 30.2. The lowest BCUT2D eigenvalue weighted by Gasteiger charge is -2.26. The molecular formula is C33H34F3NO4S. The van der Waals surface area contributed by atoms with E-state index in [2.05, 4.69) is 29.6 Å². The SMILES string of the molecule is CC(NCCC(c1ccccc1)c1ccccc1)C(OS(C)(=O)=O)c1ccc(OCc2cccc(C(F)(F)F)c2)cc1. The molecule has 42 heavy (non-hydrogen) atoms. The molecule has 4 aromatic carbocycles. The Morgan fingerprint density at radius 1 is 0.786 bits per heavy atom. The third kappa shape index (κ3) is 9.17. The van der Waals surface area contributed by atoms with Gasteiger partial charge >= 0.3 is 6.18 Å². The molecule has 0 aromatic heterocycles. The van der Waals surface area contributed by atoms with Crippen molar-refractivity contribution in [2.75, 3.05) is 12.8 Å². The molecule has 0 aliphatic carbocycles. The van der Waals surface area contributed by atoms with E-state index in [1.165, 1.54) is 17.2 Å². The Bertz CT molecular complexity index is 1470. The van der Waals surface area contributed by atoms with E-state index in [0.29, 0.717) is 23.4 Å². The van der Waals surface area contributed by atoms with Gasteiger partial charge in [0, 0.05) is 12.0 Å². The molecule has 0 saturated carbocycles. The number of alkyl halides is 3. The van der Waals surface area contributed by atoms with Crippen LogP contribution in [0.2, 0.25) is 0 Å². The molecule has 0 aliphatic rings. The van der Waals surface area contributed by atoms with Gasteiger partial charge in [0.2, 0.25) is 0 Å². The summed E-state index contributed by atoms with van der Waals surface area (Å²) in [6.45, 7) is 2.43. The van der Waals surface area contributed by atoms with Crippen LogP contribution < -0.4 is 10.1 Å². The highest BCUT2D eigenvalue weighted by Gasteiger charge is 2.30. The molecule has 2 unspecified atom stereocenters. The predicted octanol–water partition coefficient (Wildman–Crippen LogP) is 7.50. The number of hydrogen-bond donors (Lipinski definition) is 1. The zero-order valence-electron chi connectivity index (χ0n) is 23.4. The molecular weight excluding hydrogens is 563 g/mol. The summed E-state index contributed by atoms with van der Waals surface area (Å²) >= 11 is 0. The van der Waals surface area contributed by atoms with E-state index in [1.807, 2.05) is 43.3 Å². The number of rotatable bonds is 13. The van der Waals surface area contributed by atoms with E-state index in [0.717, 1.165) is 24.8 Å². The summed E-state index contributed by atoms with van der Waals surface area (Å²) in [7, 11) is -3.78. The van der Waals surface area contributed by atoms with Crippen molar-refractivity contribution >= 4 is 10.1 Å². The minimum absolute atomic E-state index is 0.0471. The highest BCUT2D eigenvalue weighted by Crippen LogP contribution is 2.31. The summed E-state index contributed by atoms with van der Waals surface area (Å²) in [6, 6.07) is 31.8. The number of halogens is 3. The topological polar surface area (TPSA) is 64.6 Å². The van der Waals surface area contributed by atoms with Gasteiger partial charge in [-0.2, -0.15) is 21.6 Å². The maximum atomic E-state index is 13.0. The second kappa shape index (κ2) is 14.0. The van der Waals surface area contributed by atoms with E-state index < -0.39 is 28.0 Å². The maximum Gasteiger partial charge on any atom is 0.416 e. The smallest absolute Gasteiger partial charge is 0.416 e. The minimum Gasteiger partial charge on any atom is -0.489 e. The van der Waals surface area contributed by atoms with Crippen molar-refractivity contribution in [3.63, 3.8) is 0 Å². The zero-order valence-corrected chi connectivity index (χ0v) is 24.2. The van der Waals surface area contributed by atoms with Crippen LogP contribution in [0, 0.1) is 0 Å². The number of hydrogen-bond acceptors (Lipinski definition) is 5. The Labute approximate surface area is 245 Å². The maximum absolute atomic E-state index is 13.0. The van der Waals surface area contributed by atoms with Crippen LogP contribution in [0.1, 0.15) is 53.2 Å². The van der Waals surface area contributed by atoms with E-state index >= 15 is 0 Å². The van der Waals surface area contributed by atoms with Crippen LogP contribution in [0.25, 0.3) is 0 Å². The fourth-order valence-electron chi connectivity index (χ4n) is 4.83. The van der Waals surface area contributed by atoms with E-state index in [4.69, 9.17) is 8.92 Å². The first-order valence-electron chi connectivity index (χ1n) is 13.6. The molecule has 0 bridgehead atoms. The quantitative estimate of drug-likeness (QED) is 0.162. The Kier molecular flexibility index (Phi) is 10.4. The molecule has 0 aliphatic heterocycles. The van der Waals surface area contributed by atoms with Gasteiger partial charge in [-0.05, 0) is 66.4 Å². The van der Waals surface area contributed by atoms with Crippen molar-refractivity contribution < 1.29 is 30.5 Å². The minimum atomic E-state index is -4.43. The van der Waals surface area contributed by atoms with Gasteiger partial charge in [0.05, 0.1) is 11.8 Å². The van der Waals surface area contributed by atoms with Gasteiger partial charge in [0.15, 0.2) is 0 Å². The van der Waals surface area contributed by atoms with Crippen molar-refractivity contribution in [2.45, 2.75) is 44.2 Å². The molecule has 9 heteroatoms. The predicted molar refractivity (Wildman–Crippen MR) is 158 cm³/mol. The molecule has 222 valence electrons. The molecule has 5 nitrogen and oxygen atoms in total. The average molecular weight is 598 g/mol. The van der Waals surface area contributed by atoms with Gasteiger partial charge < -0.3 is 10.1 Å². The van der Waals surface area contributed by atoms with Crippen molar-refractivity contribution in [3.05, 3.63) is 137 Å². The fourth-order valence-corrected chi connectivity index (χ4v) is 5.49. The molecule has 0 heterocycles. The molecule has 0 spiro atoms. The second-order valence-corrected chi connectivity index (χ2v) is 11.8. The molecule has 4 rings (SSSR count). The standard InChI is InChI=1S/C33H34F3NO4S/c1-24(37-21-20-31(26-11-5-3-6-12-26)27-13-7-4-8-14-27)32(41-42(2,38)39)28-16-18-30(19-17-28)40-23-25-10-9-15-29(22-25)33(34,35)36/h3-19,22,24,31-32,37H,20-21,23H2,1-2H3. The third-order valence-electron chi connectivity index (χ3n) is 6.90. The first kappa shape index (κ1) is 31.3. The molecule has 2 atom stereocenters. The summed E-state index contributed by atoms with van der Waals surface area (Å²) in [4.78, 5) is 0. The lowest BCUT2D eigenvalue weighted by Crippen LogP contribution is -2.35. The van der Waals surface area contributed by atoms with Crippen molar-refractivity contribution in [2.24, 2.45) is 0 Å². The van der Waals surface area contributed by atoms with Gasteiger partial charge in [-0.3, -0.25) is 4.18 Å². The monoisotopic (exact) mass is 597 g/mol. The van der Waals surface area contributed by atoms with Gasteiger partial charge in [-0.1, -0.05) is 84.9 Å². The fraction of sp³-hybridized carbons (Fsp3) is 0.273. The van der Waals surface area contributed by atoms with E-state index in [9.17, 15) is 21.6 Å². The Morgan fingerprint density at radius 3 is 1.93 bits per heavy atom. The van der Waals surface area contributed by atoms with E-state index in [1.54, 1.807) is 30.3 Å². The molecule has 4 aromatic rings. The van der Waals surface area contributed by atoms with E-state index in [-0.39, 0.29) is 18.6 Å². The van der Waals surface area contributed by atoms with Crippen molar-refractivity contribution in [1.29, 1.82) is 0 Å². The van der Waals surface area contributed by atoms with Crippen LogP contribution in [0.15, 0.2) is 109 Å². The van der Waals surface area contributed by atoms with Crippen molar-refractivity contribution in [1.82, 2.24) is 5.32 Å². The normalized spacial score (nSPS) is 13.6. The lowest BCUT2D eigenvalue weighted by atomic mass is 9.88. The summed E-state index contributed by atoms with van der Waals surface area (Å²) in [5.74, 6) is 0.595. The molecule has 0 radical (unpaired) electrons. The van der Waals surface area contributed by atoms with Gasteiger partial charge in [0.1, 0.15) is 18.5 Å². The number of ether oxygens (including phenoxy) is 1. The van der Waals surface area contributed by atoms with Gasteiger partial charge in [0.25, 0.3) is 10.1 Å². The Hall–Kier alpha value is -3.66. The van der Waals surface area contributed by atoms with Gasteiger partial charge in [-0.25, -0.2) is 0 Å². The van der Waals surface area contributed by atoms with Crippen LogP contribution in [0.4, 0.5) is 13.2 Å². The molecule has 0 amide bonds. The van der Waals surface area contributed by atoms with Crippen LogP contribution in [-0.4, -0.2) is 27.3 Å². The number of benzene rings is 4. The van der Waals surface area contributed by atoms with Crippen LogP contribution in [0.5, 0.6) is 5.75 Å². The third-order valence-corrected chi connectivity index (χ3v) is 7.46. The first-order valence-corrected chi connectivity index (χ1v) is 15.4. The van der Waals surface area contributed by atoms with Crippen LogP contribution in [0.3, 0.4) is 0 Å². The summed E-state index contributed by atoms with van der Waals surface area (Å²) in [5.41, 5.74) is 2.66. The van der Waals surface area contributed by atoms with Crippen molar-refractivity contribution in [3.8, 4) is 5.75 Å². The highest BCUT2D eigenvalue weighted by molar-refractivity contribution is 7.86. The average Bonchev–Trinajstić information content (AvgIpc) is 2.97. The lowest BCUT2D eigenvalue weighted by molar-refractivity contribution is -0.137.